The summed E-state index contributed by atoms with van der Waals surface area (Å²) in [5.41, 5.74) is 2.43. The topological polar surface area (TPSA) is 12.9 Å². The van der Waals surface area contributed by atoms with Crippen LogP contribution < -0.4 is 0 Å². The highest BCUT2D eigenvalue weighted by atomic mass is 14.7. The molecule has 1 aromatic heterocycles. The Kier molecular flexibility index (Phi) is 1.99. The van der Waals surface area contributed by atoms with Gasteiger partial charge in [-0.3, -0.25) is 4.98 Å². The van der Waals surface area contributed by atoms with Crippen LogP contribution in [0.3, 0.4) is 0 Å². The number of hydrogen-bond acceptors (Lipinski definition) is 1. The van der Waals surface area contributed by atoms with E-state index in [1.165, 1.54) is 24.8 Å². The fourth-order valence-electron chi connectivity index (χ4n) is 4.56. The van der Waals surface area contributed by atoms with Crippen molar-refractivity contribution < 1.29 is 0 Å². The van der Waals surface area contributed by atoms with Crippen LogP contribution in [0.2, 0.25) is 0 Å². The molecular weight excluding hydrogens is 194 g/mol. The van der Waals surface area contributed by atoms with Gasteiger partial charge in [-0.25, -0.2) is 0 Å². The van der Waals surface area contributed by atoms with Crippen LogP contribution in [0.15, 0.2) is 24.5 Å². The molecule has 0 aliphatic heterocycles. The molecule has 86 valence electrons. The monoisotopic (exact) mass is 215 g/mol. The summed E-state index contributed by atoms with van der Waals surface area (Å²) < 4.78 is 0. The van der Waals surface area contributed by atoms with Crippen molar-refractivity contribution in [3.8, 4) is 0 Å². The Morgan fingerprint density at radius 3 is 2.44 bits per heavy atom. The first-order valence-electron chi connectivity index (χ1n) is 6.49. The fourth-order valence-corrected chi connectivity index (χ4v) is 4.56. The van der Waals surface area contributed by atoms with Gasteiger partial charge in [-0.05, 0) is 54.2 Å². The normalized spacial score (nSPS) is 40.2. The van der Waals surface area contributed by atoms with Gasteiger partial charge in [-0.15, -0.1) is 0 Å². The molecule has 1 aromatic rings. The first-order valence-corrected chi connectivity index (χ1v) is 6.49. The molecule has 2 bridgehead atoms. The minimum Gasteiger partial charge on any atom is -0.265 e. The van der Waals surface area contributed by atoms with Crippen LogP contribution in [0.25, 0.3) is 0 Å². The number of aromatic nitrogens is 1. The molecule has 3 aliphatic rings. The highest BCUT2D eigenvalue weighted by Crippen LogP contribution is 2.70. The second kappa shape index (κ2) is 3.09. The SMILES string of the molecule is CC1CCC2CC1(c1ccncc1)C2(C)C. The quantitative estimate of drug-likeness (QED) is 0.694. The van der Waals surface area contributed by atoms with Gasteiger partial charge in [-0.1, -0.05) is 20.8 Å². The summed E-state index contributed by atoms with van der Waals surface area (Å²) in [5.74, 6) is 1.76. The maximum Gasteiger partial charge on any atom is 0.0270 e. The van der Waals surface area contributed by atoms with Crippen LogP contribution in [0.1, 0.15) is 45.6 Å². The van der Waals surface area contributed by atoms with Crippen molar-refractivity contribution >= 4 is 0 Å². The number of nitrogens with zero attached hydrogens (tertiary/aromatic N) is 1. The summed E-state index contributed by atoms with van der Waals surface area (Å²) in [6.07, 6.45) is 8.13. The molecule has 1 heterocycles. The van der Waals surface area contributed by atoms with E-state index in [2.05, 4.69) is 37.9 Å². The molecule has 3 atom stereocenters. The van der Waals surface area contributed by atoms with Gasteiger partial charge in [0.15, 0.2) is 0 Å². The molecule has 0 saturated heterocycles. The van der Waals surface area contributed by atoms with Gasteiger partial charge < -0.3 is 0 Å². The largest absolute Gasteiger partial charge is 0.265 e. The second-order valence-corrected chi connectivity index (χ2v) is 6.31. The maximum atomic E-state index is 4.16. The van der Waals surface area contributed by atoms with Crippen LogP contribution in [-0.4, -0.2) is 4.98 Å². The van der Waals surface area contributed by atoms with Crippen LogP contribution in [-0.2, 0) is 5.41 Å². The standard InChI is InChI=1S/C15H21N/c1-11-4-5-13-10-15(11,14(13,2)3)12-6-8-16-9-7-12/h6-9,11,13H,4-5,10H2,1-3H3. The van der Waals surface area contributed by atoms with Crippen LogP contribution >= 0.6 is 0 Å². The van der Waals surface area contributed by atoms with E-state index in [9.17, 15) is 0 Å². The van der Waals surface area contributed by atoms with Crippen molar-refractivity contribution in [2.45, 2.75) is 45.4 Å². The molecule has 0 radical (unpaired) electrons. The van der Waals surface area contributed by atoms with Gasteiger partial charge in [-0.2, -0.15) is 0 Å². The molecule has 3 saturated carbocycles. The molecule has 1 nitrogen and oxygen atoms in total. The molecule has 0 amide bonds. The summed E-state index contributed by atoms with van der Waals surface area (Å²) in [5, 5.41) is 0. The molecule has 0 aromatic carbocycles. The zero-order valence-electron chi connectivity index (χ0n) is 10.5. The lowest BCUT2D eigenvalue weighted by molar-refractivity contribution is -0.133. The van der Waals surface area contributed by atoms with Gasteiger partial charge in [0, 0.05) is 17.8 Å². The van der Waals surface area contributed by atoms with Crippen LogP contribution in [0.5, 0.6) is 0 Å². The van der Waals surface area contributed by atoms with Crippen LogP contribution in [0.4, 0.5) is 0 Å². The van der Waals surface area contributed by atoms with Crippen LogP contribution in [0, 0.1) is 17.3 Å². The van der Waals surface area contributed by atoms with Crippen molar-refractivity contribution in [3.63, 3.8) is 0 Å². The number of rotatable bonds is 1. The molecule has 4 rings (SSSR count). The summed E-state index contributed by atoms with van der Waals surface area (Å²) in [6.45, 7) is 7.38. The maximum absolute atomic E-state index is 4.16. The van der Waals surface area contributed by atoms with Crippen molar-refractivity contribution in [2.75, 3.05) is 0 Å². The van der Waals surface area contributed by atoms with E-state index < -0.39 is 0 Å². The Labute approximate surface area is 98.3 Å². The summed E-state index contributed by atoms with van der Waals surface area (Å²) >= 11 is 0. The van der Waals surface area contributed by atoms with E-state index >= 15 is 0 Å². The number of pyridine rings is 1. The molecule has 16 heavy (non-hydrogen) atoms. The number of fused-ring (bicyclic) bond motifs is 2. The number of hydrogen-bond donors (Lipinski definition) is 0. The Morgan fingerprint density at radius 1 is 1.19 bits per heavy atom. The summed E-state index contributed by atoms with van der Waals surface area (Å²) in [6, 6.07) is 4.47. The molecule has 3 aliphatic carbocycles. The van der Waals surface area contributed by atoms with Crippen molar-refractivity contribution in [3.05, 3.63) is 30.1 Å². The third-order valence-electron chi connectivity index (χ3n) is 5.72. The average Bonchev–Trinajstić information content (AvgIpc) is 2.29. The summed E-state index contributed by atoms with van der Waals surface area (Å²) in [4.78, 5) is 4.16. The molecule has 1 heteroatoms. The van der Waals surface area contributed by atoms with Crippen molar-refractivity contribution in [1.82, 2.24) is 4.98 Å². The third kappa shape index (κ3) is 0.996. The summed E-state index contributed by atoms with van der Waals surface area (Å²) in [7, 11) is 0. The molecule has 0 spiro atoms. The van der Waals surface area contributed by atoms with Gasteiger partial charge in [0.1, 0.15) is 0 Å². The zero-order valence-corrected chi connectivity index (χ0v) is 10.5. The molecule has 0 N–H and O–H groups in total. The lowest BCUT2D eigenvalue weighted by Gasteiger charge is -2.69. The highest BCUT2D eigenvalue weighted by Gasteiger charge is 2.64. The Morgan fingerprint density at radius 2 is 1.88 bits per heavy atom. The fraction of sp³-hybridized carbons (Fsp3) is 0.667. The van der Waals surface area contributed by atoms with E-state index in [1.54, 1.807) is 0 Å². The van der Waals surface area contributed by atoms with E-state index in [1.807, 2.05) is 12.4 Å². The Hall–Kier alpha value is -0.850. The smallest absolute Gasteiger partial charge is 0.0270 e. The van der Waals surface area contributed by atoms with Crippen molar-refractivity contribution in [1.29, 1.82) is 0 Å². The first kappa shape index (κ1) is 10.3. The highest BCUT2D eigenvalue weighted by molar-refractivity contribution is 5.34. The average molecular weight is 215 g/mol. The zero-order chi connectivity index (χ0) is 11.4. The van der Waals surface area contributed by atoms with Crippen molar-refractivity contribution in [2.24, 2.45) is 17.3 Å². The lowest BCUT2D eigenvalue weighted by atomic mass is 9.35. The minimum atomic E-state index is 0.429. The molecular formula is C15H21N. The lowest BCUT2D eigenvalue weighted by Crippen LogP contribution is -2.64. The first-order chi connectivity index (χ1) is 7.59. The molecule has 3 unspecified atom stereocenters. The second-order valence-electron chi connectivity index (χ2n) is 6.31. The van der Waals surface area contributed by atoms with E-state index in [0.717, 1.165) is 11.8 Å². The minimum absolute atomic E-state index is 0.429. The molecule has 3 fully saturated rings. The Bertz CT molecular complexity index is 395. The van der Waals surface area contributed by atoms with Gasteiger partial charge >= 0.3 is 0 Å². The van der Waals surface area contributed by atoms with E-state index in [4.69, 9.17) is 0 Å². The van der Waals surface area contributed by atoms with Gasteiger partial charge in [0.2, 0.25) is 0 Å². The van der Waals surface area contributed by atoms with E-state index in [-0.39, 0.29) is 0 Å². The predicted molar refractivity (Wildman–Crippen MR) is 66.2 cm³/mol. The van der Waals surface area contributed by atoms with Gasteiger partial charge in [0.25, 0.3) is 0 Å². The van der Waals surface area contributed by atoms with Gasteiger partial charge in [0.05, 0.1) is 0 Å². The Balaban J connectivity index is 2.10. The predicted octanol–water partition coefficient (Wildman–Crippen LogP) is 3.80. The third-order valence-corrected chi connectivity index (χ3v) is 5.72. The van der Waals surface area contributed by atoms with E-state index in [0.29, 0.717) is 10.8 Å².